The number of nitrogens with one attached hydrogen (secondary N) is 1. The lowest BCUT2D eigenvalue weighted by molar-refractivity contribution is -0.120. The Morgan fingerprint density at radius 3 is 2.54 bits per heavy atom. The van der Waals surface area contributed by atoms with Crippen LogP contribution >= 0.6 is 11.3 Å². The van der Waals surface area contributed by atoms with Crippen LogP contribution < -0.4 is 5.32 Å². The maximum absolute atomic E-state index is 11.9. The van der Waals surface area contributed by atoms with E-state index in [0.717, 1.165) is 40.2 Å². The van der Waals surface area contributed by atoms with Crippen molar-refractivity contribution in [2.75, 3.05) is 0 Å². The normalized spacial score (nSPS) is 13.7. The van der Waals surface area contributed by atoms with Crippen molar-refractivity contribution in [3.63, 3.8) is 0 Å². The zero-order valence-corrected chi connectivity index (χ0v) is 13.9. The van der Waals surface area contributed by atoms with Crippen LogP contribution in [0.2, 0.25) is 0 Å². The van der Waals surface area contributed by atoms with Gasteiger partial charge in [-0.05, 0) is 30.5 Å². The lowest BCUT2D eigenvalue weighted by atomic mass is 10.1. The molecule has 1 fully saturated rings. The second-order valence-electron chi connectivity index (χ2n) is 5.99. The summed E-state index contributed by atoms with van der Waals surface area (Å²) in [5.41, 5.74) is 4.13. The number of carbonyl (C=O) groups is 1. The monoisotopic (exact) mass is 335 g/mol. The Kier molecular flexibility index (Phi) is 4.09. The Bertz CT molecular complexity index is 839. The first-order chi connectivity index (χ1) is 11.8. The van der Waals surface area contributed by atoms with Crippen molar-refractivity contribution < 1.29 is 4.79 Å². The van der Waals surface area contributed by atoms with Crippen LogP contribution in [0.4, 0.5) is 0 Å². The van der Waals surface area contributed by atoms with Crippen LogP contribution in [0.3, 0.4) is 0 Å². The first kappa shape index (κ1) is 15.0. The zero-order chi connectivity index (χ0) is 16.4. The van der Waals surface area contributed by atoms with E-state index in [1.807, 2.05) is 36.4 Å². The molecule has 24 heavy (non-hydrogen) atoms. The predicted molar refractivity (Wildman–Crippen MR) is 95.6 cm³/mol. The number of carbonyl (C=O) groups excluding carboxylic acids is 1. The summed E-state index contributed by atoms with van der Waals surface area (Å²) in [7, 11) is 0. The van der Waals surface area contributed by atoms with Gasteiger partial charge in [0.15, 0.2) is 0 Å². The van der Waals surface area contributed by atoms with Gasteiger partial charge in [0.25, 0.3) is 0 Å². The quantitative estimate of drug-likeness (QED) is 0.773. The molecule has 0 aliphatic heterocycles. The minimum atomic E-state index is 0.110. The molecule has 4 rings (SSSR count). The number of nitrogens with zero attached hydrogens (tertiary/aromatic N) is 2. The first-order valence-corrected chi connectivity index (χ1v) is 8.90. The SMILES string of the molecule is O=C(Cc1ccc(-c2csc(-c3ccncc3)n2)cc1)NC1CC1. The number of hydrogen-bond donors (Lipinski definition) is 1. The number of amides is 1. The minimum Gasteiger partial charge on any atom is -0.353 e. The molecule has 0 radical (unpaired) electrons. The minimum absolute atomic E-state index is 0.110. The molecular weight excluding hydrogens is 318 g/mol. The van der Waals surface area contributed by atoms with Crippen molar-refractivity contribution in [1.29, 1.82) is 0 Å². The van der Waals surface area contributed by atoms with Gasteiger partial charge in [-0.2, -0.15) is 0 Å². The summed E-state index contributed by atoms with van der Waals surface area (Å²) in [5, 5.41) is 6.06. The van der Waals surface area contributed by atoms with Gasteiger partial charge < -0.3 is 5.32 Å². The largest absolute Gasteiger partial charge is 0.353 e. The summed E-state index contributed by atoms with van der Waals surface area (Å²) in [6.45, 7) is 0. The Morgan fingerprint density at radius 2 is 1.83 bits per heavy atom. The molecule has 5 heteroatoms. The van der Waals surface area contributed by atoms with E-state index in [1.54, 1.807) is 23.7 Å². The van der Waals surface area contributed by atoms with Crippen LogP contribution in [-0.4, -0.2) is 21.9 Å². The molecule has 0 unspecified atom stereocenters. The molecule has 1 saturated carbocycles. The predicted octanol–water partition coefficient (Wildman–Crippen LogP) is 3.69. The van der Waals surface area contributed by atoms with Crippen molar-refractivity contribution in [1.82, 2.24) is 15.3 Å². The Labute approximate surface area is 144 Å². The van der Waals surface area contributed by atoms with Crippen LogP contribution in [0.25, 0.3) is 21.8 Å². The third-order valence-corrected chi connectivity index (χ3v) is 4.88. The fourth-order valence-electron chi connectivity index (χ4n) is 2.52. The molecule has 0 saturated heterocycles. The van der Waals surface area contributed by atoms with Crippen LogP contribution in [0.15, 0.2) is 54.2 Å². The third kappa shape index (κ3) is 3.51. The number of aromatic nitrogens is 2. The van der Waals surface area contributed by atoms with E-state index in [-0.39, 0.29) is 5.91 Å². The van der Waals surface area contributed by atoms with Gasteiger partial charge in [-0.3, -0.25) is 9.78 Å². The van der Waals surface area contributed by atoms with Gasteiger partial charge in [-0.25, -0.2) is 4.98 Å². The van der Waals surface area contributed by atoms with Gasteiger partial charge in [0.1, 0.15) is 5.01 Å². The molecular formula is C19H17N3OS. The molecule has 3 aromatic rings. The maximum Gasteiger partial charge on any atom is 0.224 e. The Morgan fingerprint density at radius 1 is 1.08 bits per heavy atom. The number of hydrogen-bond acceptors (Lipinski definition) is 4. The third-order valence-electron chi connectivity index (χ3n) is 3.99. The number of pyridine rings is 1. The lowest BCUT2D eigenvalue weighted by Crippen LogP contribution is -2.26. The highest BCUT2D eigenvalue weighted by atomic mass is 32.1. The van der Waals surface area contributed by atoms with Gasteiger partial charge in [-0.15, -0.1) is 11.3 Å². The summed E-state index contributed by atoms with van der Waals surface area (Å²) >= 11 is 1.62. The summed E-state index contributed by atoms with van der Waals surface area (Å²) in [5.74, 6) is 0.110. The fourth-order valence-corrected chi connectivity index (χ4v) is 3.35. The molecule has 4 nitrogen and oxygen atoms in total. The van der Waals surface area contributed by atoms with Crippen LogP contribution in [0.1, 0.15) is 18.4 Å². The van der Waals surface area contributed by atoms with E-state index in [9.17, 15) is 4.79 Å². The maximum atomic E-state index is 11.9. The average molecular weight is 335 g/mol. The molecule has 0 spiro atoms. The molecule has 2 aromatic heterocycles. The topological polar surface area (TPSA) is 54.9 Å². The second-order valence-corrected chi connectivity index (χ2v) is 6.85. The van der Waals surface area contributed by atoms with E-state index < -0.39 is 0 Å². The van der Waals surface area contributed by atoms with Gasteiger partial charge in [-0.1, -0.05) is 24.3 Å². The number of rotatable bonds is 5. The van der Waals surface area contributed by atoms with E-state index in [1.165, 1.54) is 0 Å². The molecule has 120 valence electrons. The van der Waals surface area contributed by atoms with Gasteiger partial charge in [0, 0.05) is 34.9 Å². The number of thiazole rings is 1. The lowest BCUT2D eigenvalue weighted by Gasteiger charge is -2.04. The van der Waals surface area contributed by atoms with Crippen LogP contribution in [0, 0.1) is 0 Å². The van der Waals surface area contributed by atoms with Crippen LogP contribution in [-0.2, 0) is 11.2 Å². The van der Waals surface area contributed by atoms with E-state index in [2.05, 4.69) is 15.7 Å². The Hall–Kier alpha value is -2.53. The highest BCUT2D eigenvalue weighted by Gasteiger charge is 2.23. The second kappa shape index (κ2) is 6.53. The highest BCUT2D eigenvalue weighted by Crippen LogP contribution is 2.28. The van der Waals surface area contributed by atoms with Crippen molar-refractivity contribution >= 4 is 17.2 Å². The van der Waals surface area contributed by atoms with E-state index >= 15 is 0 Å². The molecule has 1 aliphatic carbocycles. The van der Waals surface area contributed by atoms with Crippen molar-refractivity contribution in [3.8, 4) is 21.8 Å². The fraction of sp³-hybridized carbons (Fsp3) is 0.211. The van der Waals surface area contributed by atoms with Crippen LogP contribution in [0.5, 0.6) is 0 Å². The molecule has 2 heterocycles. The van der Waals surface area contributed by atoms with E-state index in [4.69, 9.17) is 4.98 Å². The van der Waals surface area contributed by atoms with Gasteiger partial charge in [0.05, 0.1) is 12.1 Å². The molecule has 1 N–H and O–H groups in total. The number of benzene rings is 1. The van der Waals surface area contributed by atoms with Crippen molar-refractivity contribution in [3.05, 3.63) is 59.7 Å². The van der Waals surface area contributed by atoms with Gasteiger partial charge >= 0.3 is 0 Å². The molecule has 1 aromatic carbocycles. The smallest absolute Gasteiger partial charge is 0.224 e. The first-order valence-electron chi connectivity index (χ1n) is 8.02. The zero-order valence-electron chi connectivity index (χ0n) is 13.1. The Balaban J connectivity index is 1.46. The van der Waals surface area contributed by atoms with Gasteiger partial charge in [0.2, 0.25) is 5.91 Å². The summed E-state index contributed by atoms with van der Waals surface area (Å²) in [6.07, 6.45) is 6.23. The average Bonchev–Trinajstić information content (AvgIpc) is 3.28. The van der Waals surface area contributed by atoms with E-state index in [0.29, 0.717) is 12.5 Å². The van der Waals surface area contributed by atoms with Crippen molar-refractivity contribution in [2.24, 2.45) is 0 Å². The molecule has 0 atom stereocenters. The highest BCUT2D eigenvalue weighted by molar-refractivity contribution is 7.13. The summed E-state index contributed by atoms with van der Waals surface area (Å²) in [6, 6.07) is 12.4. The summed E-state index contributed by atoms with van der Waals surface area (Å²) < 4.78 is 0. The molecule has 0 bridgehead atoms. The van der Waals surface area contributed by atoms with Crippen molar-refractivity contribution in [2.45, 2.75) is 25.3 Å². The molecule has 1 amide bonds. The molecule has 1 aliphatic rings. The summed E-state index contributed by atoms with van der Waals surface area (Å²) in [4.78, 5) is 20.6. The standard InChI is InChI=1S/C19H17N3OS/c23-18(21-16-5-6-16)11-13-1-3-14(4-2-13)17-12-24-19(22-17)15-7-9-20-10-8-15/h1-4,7-10,12,16H,5-6,11H2,(H,21,23).